The molecule has 1 aromatic carbocycles. The number of carbonyl (C=O) groups excluding carboxylic acids is 1. The smallest absolute Gasteiger partial charge is 0.193 e. The summed E-state index contributed by atoms with van der Waals surface area (Å²) in [7, 11) is 3.26. The fourth-order valence-electron chi connectivity index (χ4n) is 2.05. The van der Waals surface area contributed by atoms with Crippen molar-refractivity contribution in [3.63, 3.8) is 0 Å². The summed E-state index contributed by atoms with van der Waals surface area (Å²) in [5, 5.41) is 9.85. The van der Waals surface area contributed by atoms with E-state index in [-0.39, 0.29) is 18.0 Å². The third kappa shape index (κ3) is 3.66. The van der Waals surface area contributed by atoms with Crippen molar-refractivity contribution < 1.29 is 19.4 Å². The molecule has 4 nitrogen and oxygen atoms in total. The lowest BCUT2D eigenvalue weighted by molar-refractivity contribution is 0.0487. The average molecular weight is 280 g/mol. The first-order valence-electron chi connectivity index (χ1n) is 6.69. The first-order chi connectivity index (χ1) is 9.22. The van der Waals surface area contributed by atoms with Crippen molar-refractivity contribution in [1.82, 2.24) is 0 Å². The number of ketones is 1. The van der Waals surface area contributed by atoms with E-state index < -0.39 is 5.60 Å². The molecule has 2 unspecified atom stereocenters. The lowest BCUT2D eigenvalue weighted by atomic mass is 9.91. The molecule has 0 bridgehead atoms. The van der Waals surface area contributed by atoms with Gasteiger partial charge in [0.15, 0.2) is 5.78 Å². The summed E-state index contributed by atoms with van der Waals surface area (Å²) in [5.41, 5.74) is 0.969. The molecule has 0 fully saturated rings. The summed E-state index contributed by atoms with van der Waals surface area (Å²) in [6.07, 6.45) is -0.244. The quantitative estimate of drug-likeness (QED) is 0.814. The van der Waals surface area contributed by atoms with Gasteiger partial charge in [0.05, 0.1) is 12.2 Å². The average Bonchev–Trinajstić information content (AvgIpc) is 2.43. The molecule has 0 saturated carbocycles. The maximum Gasteiger partial charge on any atom is 0.193 e. The van der Waals surface area contributed by atoms with Crippen LogP contribution >= 0.6 is 0 Å². The van der Waals surface area contributed by atoms with E-state index in [1.165, 1.54) is 13.8 Å². The molecule has 0 aliphatic carbocycles. The molecule has 0 amide bonds. The van der Waals surface area contributed by atoms with Gasteiger partial charge in [0, 0.05) is 19.8 Å². The Hall–Kier alpha value is -1.23. The fraction of sp³-hybridized carbons (Fsp3) is 0.562. The monoisotopic (exact) mass is 280 g/mol. The molecule has 0 spiro atoms. The van der Waals surface area contributed by atoms with Gasteiger partial charge in [-0.2, -0.15) is 0 Å². The number of carbonyl (C=O) groups is 1. The Labute approximate surface area is 120 Å². The summed E-state index contributed by atoms with van der Waals surface area (Å²) < 4.78 is 10.7. The molecule has 2 atom stereocenters. The first kappa shape index (κ1) is 16.8. The molecule has 1 rings (SSSR count). The lowest BCUT2D eigenvalue weighted by Crippen LogP contribution is -2.31. The summed E-state index contributed by atoms with van der Waals surface area (Å²) in [6, 6.07) is 5.36. The Morgan fingerprint density at radius 1 is 1.10 bits per heavy atom. The highest BCUT2D eigenvalue weighted by Crippen LogP contribution is 2.29. The van der Waals surface area contributed by atoms with Crippen LogP contribution in [0.3, 0.4) is 0 Å². The summed E-state index contributed by atoms with van der Waals surface area (Å²) >= 11 is 0. The Morgan fingerprint density at radius 3 is 2.05 bits per heavy atom. The molecule has 0 saturated heterocycles. The molecular formula is C16H24O4. The van der Waals surface area contributed by atoms with E-state index in [2.05, 4.69) is 0 Å². The molecule has 0 aliphatic heterocycles. The molecule has 0 aromatic heterocycles. The highest BCUT2D eigenvalue weighted by molar-refractivity contribution is 6.01. The minimum atomic E-state index is -1.39. The van der Waals surface area contributed by atoms with E-state index in [0.717, 1.165) is 11.1 Å². The van der Waals surface area contributed by atoms with Crippen molar-refractivity contribution >= 4 is 5.78 Å². The Balaban J connectivity index is 3.31. The molecule has 1 N–H and O–H groups in total. The van der Waals surface area contributed by atoms with Crippen LogP contribution in [-0.2, 0) is 9.47 Å². The van der Waals surface area contributed by atoms with Gasteiger partial charge in [-0.05, 0) is 44.9 Å². The number of hydrogen-bond acceptors (Lipinski definition) is 4. The summed E-state index contributed by atoms with van der Waals surface area (Å²) in [4.78, 5) is 12.2. The van der Waals surface area contributed by atoms with Crippen LogP contribution < -0.4 is 0 Å². The van der Waals surface area contributed by atoms with E-state index in [4.69, 9.17) is 9.47 Å². The highest BCUT2D eigenvalue weighted by atomic mass is 16.5. The summed E-state index contributed by atoms with van der Waals surface area (Å²) in [6.45, 7) is 6.83. The largest absolute Gasteiger partial charge is 0.382 e. The van der Waals surface area contributed by atoms with Crippen molar-refractivity contribution in [1.29, 1.82) is 0 Å². The van der Waals surface area contributed by atoms with Crippen molar-refractivity contribution in [2.75, 3.05) is 14.2 Å². The number of aliphatic hydroxyl groups is 1. The van der Waals surface area contributed by atoms with Crippen LogP contribution in [0.25, 0.3) is 0 Å². The Bertz CT molecular complexity index is 474. The maximum atomic E-state index is 12.2. The Kier molecular flexibility index (Phi) is 5.45. The zero-order valence-electron chi connectivity index (χ0n) is 13.1. The predicted octanol–water partition coefficient (Wildman–Crippen LogP) is 3.06. The molecule has 112 valence electrons. The topological polar surface area (TPSA) is 55.8 Å². The number of hydrogen-bond donors (Lipinski definition) is 1. The second-order valence-corrected chi connectivity index (χ2v) is 5.49. The van der Waals surface area contributed by atoms with Crippen molar-refractivity contribution in [3.8, 4) is 0 Å². The molecule has 20 heavy (non-hydrogen) atoms. The van der Waals surface area contributed by atoms with Crippen molar-refractivity contribution in [2.45, 2.75) is 45.5 Å². The van der Waals surface area contributed by atoms with Crippen molar-refractivity contribution in [3.05, 3.63) is 34.9 Å². The summed E-state index contributed by atoms with van der Waals surface area (Å²) in [5.74, 6) is -0.307. The molecule has 4 heteroatoms. The van der Waals surface area contributed by atoms with Gasteiger partial charge < -0.3 is 14.6 Å². The van der Waals surface area contributed by atoms with Gasteiger partial charge in [0.25, 0.3) is 0 Å². The zero-order valence-corrected chi connectivity index (χ0v) is 13.1. The van der Waals surface area contributed by atoms with Gasteiger partial charge in [0.1, 0.15) is 5.60 Å². The van der Waals surface area contributed by atoms with E-state index in [0.29, 0.717) is 5.56 Å². The van der Waals surface area contributed by atoms with Crippen LogP contribution in [0.15, 0.2) is 18.2 Å². The van der Waals surface area contributed by atoms with Crippen molar-refractivity contribution in [2.24, 2.45) is 0 Å². The SMILES string of the molecule is COC(C)c1ccc(C(=O)C(C)(C)O)cc1C(C)OC. The van der Waals surface area contributed by atoms with Gasteiger partial charge in [0.2, 0.25) is 0 Å². The second-order valence-electron chi connectivity index (χ2n) is 5.49. The van der Waals surface area contributed by atoms with Crippen LogP contribution in [0.4, 0.5) is 0 Å². The standard InChI is InChI=1S/C16H24O4/c1-10(19-5)13-8-7-12(15(17)16(3,4)18)9-14(13)11(2)20-6/h7-11,18H,1-6H3. The van der Waals surface area contributed by atoms with Gasteiger partial charge in [-0.25, -0.2) is 0 Å². The van der Waals surface area contributed by atoms with E-state index in [1.807, 2.05) is 19.9 Å². The Morgan fingerprint density at radius 2 is 1.60 bits per heavy atom. The van der Waals surface area contributed by atoms with E-state index >= 15 is 0 Å². The third-order valence-electron chi connectivity index (χ3n) is 3.49. The fourth-order valence-corrected chi connectivity index (χ4v) is 2.05. The normalized spacial score (nSPS) is 14.9. The van der Waals surface area contributed by atoms with Crippen LogP contribution in [0.2, 0.25) is 0 Å². The second kappa shape index (κ2) is 6.48. The molecule has 0 radical (unpaired) electrons. The van der Waals surface area contributed by atoms with Crippen LogP contribution in [-0.4, -0.2) is 30.7 Å². The highest BCUT2D eigenvalue weighted by Gasteiger charge is 2.26. The predicted molar refractivity (Wildman–Crippen MR) is 77.9 cm³/mol. The van der Waals surface area contributed by atoms with Gasteiger partial charge in [-0.3, -0.25) is 4.79 Å². The van der Waals surface area contributed by atoms with Crippen LogP contribution in [0.1, 0.15) is 61.4 Å². The van der Waals surface area contributed by atoms with Crippen LogP contribution in [0, 0.1) is 0 Å². The minimum Gasteiger partial charge on any atom is -0.382 e. The zero-order chi connectivity index (χ0) is 15.5. The maximum absolute atomic E-state index is 12.2. The minimum absolute atomic E-state index is 0.0890. The number of Topliss-reactive ketones (excluding diaryl/α,β-unsaturated/α-hetero) is 1. The third-order valence-corrected chi connectivity index (χ3v) is 3.49. The number of ether oxygens (including phenoxy) is 2. The number of rotatable bonds is 6. The van der Waals surface area contributed by atoms with Gasteiger partial charge in [-0.15, -0.1) is 0 Å². The van der Waals surface area contributed by atoms with E-state index in [9.17, 15) is 9.90 Å². The molecule has 0 heterocycles. The number of methoxy groups -OCH3 is 2. The lowest BCUT2D eigenvalue weighted by Gasteiger charge is -2.22. The van der Waals surface area contributed by atoms with Crippen LogP contribution in [0.5, 0.6) is 0 Å². The molecular weight excluding hydrogens is 256 g/mol. The van der Waals surface area contributed by atoms with E-state index in [1.54, 1.807) is 26.4 Å². The number of benzene rings is 1. The first-order valence-corrected chi connectivity index (χ1v) is 6.69. The van der Waals surface area contributed by atoms with Gasteiger partial charge >= 0.3 is 0 Å². The molecule has 1 aromatic rings. The molecule has 0 aliphatic rings. The van der Waals surface area contributed by atoms with Gasteiger partial charge in [-0.1, -0.05) is 12.1 Å².